The van der Waals surface area contributed by atoms with Gasteiger partial charge in [-0.05, 0) is 48.9 Å². The lowest BCUT2D eigenvalue weighted by Crippen LogP contribution is -2.54. The van der Waals surface area contributed by atoms with Gasteiger partial charge in [0, 0.05) is 18.9 Å². The van der Waals surface area contributed by atoms with E-state index in [4.69, 9.17) is 22.1 Å². The van der Waals surface area contributed by atoms with E-state index in [0.717, 1.165) is 12.8 Å². The zero-order chi connectivity index (χ0) is 26.6. The number of halogens is 2. The van der Waals surface area contributed by atoms with Crippen molar-refractivity contribution < 1.29 is 23.5 Å². The summed E-state index contributed by atoms with van der Waals surface area (Å²) in [6.07, 6.45) is 6.00. The van der Waals surface area contributed by atoms with Gasteiger partial charge in [-0.2, -0.15) is 0 Å². The molecule has 2 aromatic heterocycles. The van der Waals surface area contributed by atoms with Gasteiger partial charge in [0.15, 0.2) is 11.4 Å². The summed E-state index contributed by atoms with van der Waals surface area (Å²) in [4.78, 5) is 49.1. The summed E-state index contributed by atoms with van der Waals surface area (Å²) >= 11 is 7.30. The molecule has 2 aliphatic heterocycles. The molecule has 6 rings (SSSR count). The number of carbonyl (C=O) groups is 3. The third kappa shape index (κ3) is 4.33. The van der Waals surface area contributed by atoms with Crippen LogP contribution in [0, 0.1) is 11.7 Å². The van der Waals surface area contributed by atoms with E-state index in [2.05, 4.69) is 15.3 Å². The number of amides is 3. The van der Waals surface area contributed by atoms with Crippen LogP contribution in [0.25, 0.3) is 10.7 Å². The van der Waals surface area contributed by atoms with Crippen LogP contribution in [0.1, 0.15) is 58.8 Å². The first-order valence-corrected chi connectivity index (χ1v) is 13.7. The van der Waals surface area contributed by atoms with Crippen molar-refractivity contribution in [2.75, 3.05) is 18.4 Å². The number of benzene rings is 1. The fourth-order valence-electron chi connectivity index (χ4n) is 5.60. The first-order valence-electron chi connectivity index (χ1n) is 12.5. The van der Waals surface area contributed by atoms with Crippen molar-refractivity contribution in [3.8, 4) is 10.7 Å². The lowest BCUT2D eigenvalue weighted by Gasteiger charge is -2.45. The second-order valence-corrected chi connectivity index (χ2v) is 11.5. The molecular weight excluding hydrogens is 533 g/mol. The van der Waals surface area contributed by atoms with Crippen LogP contribution < -0.4 is 11.1 Å². The van der Waals surface area contributed by atoms with Gasteiger partial charge in [-0.3, -0.25) is 14.9 Å². The molecule has 3 amide bonds. The number of H-pyrrole nitrogens is 1. The third-order valence-corrected chi connectivity index (χ3v) is 8.96. The van der Waals surface area contributed by atoms with E-state index in [-0.39, 0.29) is 28.7 Å². The summed E-state index contributed by atoms with van der Waals surface area (Å²) in [6, 6.07) is 4.73. The second kappa shape index (κ2) is 9.39. The molecule has 3 aromatic rings. The fourth-order valence-corrected chi connectivity index (χ4v) is 6.79. The summed E-state index contributed by atoms with van der Waals surface area (Å²) < 4.78 is 21.0. The van der Waals surface area contributed by atoms with Gasteiger partial charge in [-0.15, -0.1) is 11.3 Å². The number of nitrogens with zero attached hydrogens (tertiary/aromatic N) is 2. The monoisotopic (exact) mass is 557 g/mol. The summed E-state index contributed by atoms with van der Waals surface area (Å²) in [7, 11) is 0. The number of fused-ring (bicyclic) bond motifs is 2. The maximum atomic E-state index is 15.3. The zero-order valence-corrected chi connectivity index (χ0v) is 21.8. The highest BCUT2D eigenvalue weighted by molar-refractivity contribution is 7.17. The first-order chi connectivity index (χ1) is 18.3. The van der Waals surface area contributed by atoms with Crippen molar-refractivity contribution in [3.05, 3.63) is 57.4 Å². The lowest BCUT2D eigenvalue weighted by molar-refractivity contribution is -0.141. The van der Waals surface area contributed by atoms with Crippen molar-refractivity contribution in [2.45, 2.75) is 43.6 Å². The topological polar surface area (TPSA) is 130 Å². The minimum Gasteiger partial charge on any atom is -0.436 e. The molecule has 1 saturated heterocycles. The van der Waals surface area contributed by atoms with Crippen molar-refractivity contribution in [2.24, 2.45) is 11.7 Å². The number of hydrogen-bond donors (Lipinski definition) is 3. The first kappa shape index (κ1) is 24.9. The van der Waals surface area contributed by atoms with Crippen LogP contribution in [-0.2, 0) is 15.1 Å². The average molecular weight is 558 g/mol. The normalized spacial score (nSPS) is 21.5. The van der Waals surface area contributed by atoms with Gasteiger partial charge in [0.1, 0.15) is 5.82 Å². The van der Waals surface area contributed by atoms with Crippen LogP contribution in [0.4, 0.5) is 14.9 Å². The van der Waals surface area contributed by atoms with E-state index in [0.29, 0.717) is 52.9 Å². The number of nitrogens with two attached hydrogens (primary N) is 1. The highest BCUT2D eigenvalue weighted by Crippen LogP contribution is 2.47. The van der Waals surface area contributed by atoms with E-state index in [1.165, 1.54) is 17.4 Å². The molecule has 0 unspecified atom stereocenters. The van der Waals surface area contributed by atoms with Gasteiger partial charge >= 0.3 is 6.09 Å². The average Bonchev–Trinajstić information content (AvgIpc) is 3.34. The van der Waals surface area contributed by atoms with Gasteiger partial charge in [-0.25, -0.2) is 14.2 Å². The molecule has 2 atom stereocenters. The molecule has 1 spiro atoms. The third-order valence-electron chi connectivity index (χ3n) is 7.50. The molecule has 0 radical (unpaired) electrons. The molecule has 198 valence electrons. The number of likely N-dealkylation sites (tertiary alicyclic amines) is 1. The van der Waals surface area contributed by atoms with Crippen molar-refractivity contribution in [1.82, 2.24) is 14.9 Å². The minimum atomic E-state index is -1.37. The number of piperidine rings is 1. The molecule has 9 nitrogen and oxygen atoms in total. The number of aromatic nitrogens is 2. The maximum Gasteiger partial charge on any atom is 0.412 e. The van der Waals surface area contributed by atoms with E-state index < -0.39 is 29.3 Å². The van der Waals surface area contributed by atoms with Crippen LogP contribution in [0.2, 0.25) is 5.02 Å². The Labute approximate surface area is 226 Å². The molecule has 0 bridgehead atoms. The smallest absolute Gasteiger partial charge is 0.412 e. The summed E-state index contributed by atoms with van der Waals surface area (Å²) in [5, 5.41) is 2.45. The van der Waals surface area contributed by atoms with E-state index in [9.17, 15) is 14.4 Å². The molecule has 4 N–H and O–H groups in total. The van der Waals surface area contributed by atoms with E-state index >= 15 is 4.39 Å². The number of carbonyl (C=O) groups excluding carboxylic acids is 3. The lowest BCUT2D eigenvalue weighted by atomic mass is 9.82. The molecular formula is C26H25ClFN5O4S. The predicted octanol–water partition coefficient (Wildman–Crippen LogP) is 4.99. The van der Waals surface area contributed by atoms with Crippen LogP contribution >= 0.6 is 22.9 Å². The van der Waals surface area contributed by atoms with Crippen molar-refractivity contribution >= 4 is 46.5 Å². The number of hydrogen-bond acceptors (Lipinski definition) is 6. The molecule has 1 saturated carbocycles. The fraction of sp³-hybridized carbons (Fsp3) is 0.385. The number of imidazole rings is 1. The van der Waals surface area contributed by atoms with Crippen LogP contribution in [-0.4, -0.2) is 45.9 Å². The molecule has 1 aliphatic carbocycles. The Bertz CT molecular complexity index is 1440. The van der Waals surface area contributed by atoms with Gasteiger partial charge in [-0.1, -0.05) is 24.4 Å². The minimum absolute atomic E-state index is 0.0221. The maximum absolute atomic E-state index is 15.3. The molecule has 38 heavy (non-hydrogen) atoms. The predicted molar refractivity (Wildman–Crippen MR) is 140 cm³/mol. The summed E-state index contributed by atoms with van der Waals surface area (Å²) in [5.41, 5.74) is 5.38. The number of aromatic amines is 1. The largest absolute Gasteiger partial charge is 0.436 e. The molecule has 3 aliphatic rings. The number of ether oxygens (including phenoxy) is 1. The molecule has 12 heteroatoms. The number of primary amides is 1. The Kier molecular flexibility index (Phi) is 6.14. The second-order valence-electron chi connectivity index (χ2n) is 10.1. The zero-order valence-electron chi connectivity index (χ0n) is 20.3. The van der Waals surface area contributed by atoms with Crippen molar-refractivity contribution in [3.63, 3.8) is 0 Å². The molecule has 4 heterocycles. The van der Waals surface area contributed by atoms with Gasteiger partial charge < -0.3 is 20.4 Å². The summed E-state index contributed by atoms with van der Waals surface area (Å²) in [5.74, 6) is -1.16. The molecule has 1 aromatic carbocycles. The van der Waals surface area contributed by atoms with E-state index in [1.54, 1.807) is 23.4 Å². The van der Waals surface area contributed by atoms with Crippen LogP contribution in [0.5, 0.6) is 0 Å². The Hall–Kier alpha value is -3.44. The number of nitrogens with one attached hydrogen (secondary N) is 2. The Morgan fingerprint density at radius 2 is 2.18 bits per heavy atom. The number of rotatable bonds is 6. The van der Waals surface area contributed by atoms with E-state index in [1.807, 2.05) is 6.07 Å². The highest BCUT2D eigenvalue weighted by atomic mass is 35.5. The summed E-state index contributed by atoms with van der Waals surface area (Å²) in [6.45, 7) is 0.386. The Morgan fingerprint density at radius 3 is 2.89 bits per heavy atom. The van der Waals surface area contributed by atoms with Crippen molar-refractivity contribution in [1.29, 1.82) is 0 Å². The van der Waals surface area contributed by atoms with Gasteiger partial charge in [0.2, 0.25) is 5.91 Å². The highest BCUT2D eigenvalue weighted by Gasteiger charge is 2.49. The Morgan fingerprint density at radius 1 is 1.37 bits per heavy atom. The number of anilines is 1. The standard InChI is InChI=1S/C26H25ClFN5O4S/c27-16-4-5-17-19(20(16)28)26(37-25(36)32-17)6-1-9-33(12-26)24(35)15(10-13-2-3-13)14-11-18(23-30-7-8-31-23)38-21(14)22(29)34/h4-5,7-8,11,13,15H,1-3,6,9-10,12H2,(H2,29,34)(H,30,31)(H,32,36)/t15-,26-/m0/s1. The van der Waals surface area contributed by atoms with Crippen LogP contribution in [0.15, 0.2) is 30.6 Å². The SMILES string of the molecule is NC(=O)c1sc(-c2ncc[nH]2)cc1[C@H](CC1CC1)C(=O)N1CCC[C@@]2(C1)OC(=O)Nc1ccc(Cl)c(F)c12. The molecule has 2 fully saturated rings. The van der Waals surface area contributed by atoms with Crippen LogP contribution in [0.3, 0.4) is 0 Å². The quantitative estimate of drug-likeness (QED) is 0.393. The van der Waals surface area contributed by atoms with Gasteiger partial charge in [0.05, 0.1) is 38.5 Å². The Balaban J connectivity index is 1.37. The van der Waals surface area contributed by atoms with Gasteiger partial charge in [0.25, 0.3) is 5.91 Å². The number of thiophene rings is 1.